The summed E-state index contributed by atoms with van der Waals surface area (Å²) in [6.07, 6.45) is 0.613. The van der Waals surface area contributed by atoms with Gasteiger partial charge in [0.25, 0.3) is 0 Å². The second-order valence-electron chi connectivity index (χ2n) is 4.04. The van der Waals surface area contributed by atoms with Gasteiger partial charge in [-0.05, 0) is 41.2 Å². The van der Waals surface area contributed by atoms with Crippen LogP contribution in [0.5, 0.6) is 0 Å². The third kappa shape index (κ3) is 6.29. The molecule has 0 saturated heterocycles. The summed E-state index contributed by atoms with van der Waals surface area (Å²) in [5.41, 5.74) is -1.02. The highest BCUT2D eigenvalue weighted by Crippen LogP contribution is 2.14. The minimum absolute atomic E-state index is 0.511. The van der Waals surface area contributed by atoms with E-state index in [2.05, 4.69) is 18.7 Å². The number of hydrogen-bond acceptors (Lipinski definition) is 1. The second kappa shape index (κ2) is 4.05. The van der Waals surface area contributed by atoms with Crippen LogP contribution in [0.25, 0.3) is 0 Å². The molecule has 0 aromatic carbocycles. The molecule has 0 spiro atoms. The number of hydrogen-bond donors (Lipinski definition) is 0. The average Bonchev–Trinajstić information content (AvgIpc) is 1.80. The largest absolute Gasteiger partial charge is 0.304 e. The van der Waals surface area contributed by atoms with Crippen molar-refractivity contribution in [2.24, 2.45) is 0 Å². The molecule has 0 aliphatic rings. The van der Waals surface area contributed by atoms with E-state index < -0.39 is 5.67 Å². The van der Waals surface area contributed by atoms with Gasteiger partial charge in [0.1, 0.15) is 5.67 Å². The third-order valence-electron chi connectivity index (χ3n) is 1.94. The van der Waals surface area contributed by atoms with Gasteiger partial charge in [-0.1, -0.05) is 0 Å². The molecule has 0 aromatic rings. The molecule has 1 nitrogen and oxygen atoms in total. The van der Waals surface area contributed by atoms with Gasteiger partial charge in [-0.15, -0.1) is 0 Å². The molecule has 0 aliphatic carbocycles. The fraction of sp³-hybridized carbons (Fsp3) is 1.00. The molecule has 68 valence electrons. The lowest BCUT2D eigenvalue weighted by Gasteiger charge is -2.23. The SMILES string of the molecule is CC(C)N(C)CCC(C)(C)F. The van der Waals surface area contributed by atoms with Crippen molar-refractivity contribution in [3.8, 4) is 0 Å². The summed E-state index contributed by atoms with van der Waals surface area (Å²) in [5, 5.41) is 0. The van der Waals surface area contributed by atoms with E-state index in [1.165, 1.54) is 0 Å². The minimum atomic E-state index is -1.02. The van der Waals surface area contributed by atoms with E-state index in [9.17, 15) is 4.39 Å². The fourth-order valence-corrected chi connectivity index (χ4v) is 0.700. The maximum atomic E-state index is 13.0. The summed E-state index contributed by atoms with van der Waals surface area (Å²) in [5.74, 6) is 0. The molecular weight excluding hydrogens is 141 g/mol. The molecule has 0 N–H and O–H groups in total. The van der Waals surface area contributed by atoms with Crippen LogP contribution >= 0.6 is 0 Å². The average molecular weight is 161 g/mol. The van der Waals surface area contributed by atoms with Crippen molar-refractivity contribution in [2.75, 3.05) is 13.6 Å². The van der Waals surface area contributed by atoms with Crippen LogP contribution in [0.4, 0.5) is 4.39 Å². The summed E-state index contributed by atoms with van der Waals surface area (Å²) in [4.78, 5) is 2.15. The van der Waals surface area contributed by atoms with Crippen LogP contribution in [0.3, 0.4) is 0 Å². The molecule has 0 bridgehead atoms. The van der Waals surface area contributed by atoms with Crippen molar-refractivity contribution in [3.63, 3.8) is 0 Å². The molecule has 0 amide bonds. The Morgan fingerprint density at radius 2 is 1.82 bits per heavy atom. The molecule has 0 atom stereocenters. The smallest absolute Gasteiger partial charge is 0.106 e. The summed E-state index contributed by atoms with van der Waals surface area (Å²) < 4.78 is 13.0. The maximum absolute atomic E-state index is 13.0. The van der Waals surface area contributed by atoms with E-state index in [0.717, 1.165) is 6.54 Å². The first-order valence-corrected chi connectivity index (χ1v) is 4.22. The summed E-state index contributed by atoms with van der Waals surface area (Å²) >= 11 is 0. The first-order valence-electron chi connectivity index (χ1n) is 4.22. The normalized spacial score (nSPS) is 13.1. The Balaban J connectivity index is 3.54. The predicted molar refractivity (Wildman–Crippen MR) is 47.6 cm³/mol. The van der Waals surface area contributed by atoms with Crippen LogP contribution < -0.4 is 0 Å². The van der Waals surface area contributed by atoms with E-state index in [-0.39, 0.29) is 0 Å². The van der Waals surface area contributed by atoms with Crippen molar-refractivity contribution in [3.05, 3.63) is 0 Å². The monoisotopic (exact) mass is 161 g/mol. The topological polar surface area (TPSA) is 3.24 Å². The van der Waals surface area contributed by atoms with Gasteiger partial charge in [0, 0.05) is 12.6 Å². The first-order chi connectivity index (χ1) is 4.83. The summed E-state index contributed by atoms with van der Waals surface area (Å²) in [6.45, 7) is 8.32. The minimum Gasteiger partial charge on any atom is -0.304 e. The van der Waals surface area contributed by atoms with E-state index >= 15 is 0 Å². The van der Waals surface area contributed by atoms with Gasteiger partial charge in [-0.25, -0.2) is 4.39 Å². The lowest BCUT2D eigenvalue weighted by Crippen LogP contribution is -2.30. The second-order valence-corrected chi connectivity index (χ2v) is 4.04. The van der Waals surface area contributed by atoms with E-state index in [1.54, 1.807) is 13.8 Å². The van der Waals surface area contributed by atoms with Gasteiger partial charge in [-0.2, -0.15) is 0 Å². The van der Waals surface area contributed by atoms with Gasteiger partial charge in [0.05, 0.1) is 0 Å². The van der Waals surface area contributed by atoms with Crippen LogP contribution in [-0.2, 0) is 0 Å². The Bertz CT molecular complexity index is 105. The van der Waals surface area contributed by atoms with Crippen molar-refractivity contribution < 1.29 is 4.39 Å². The van der Waals surface area contributed by atoms with Crippen molar-refractivity contribution in [1.29, 1.82) is 0 Å². The first kappa shape index (κ1) is 10.9. The lowest BCUT2D eigenvalue weighted by atomic mass is 10.1. The molecule has 0 aliphatic heterocycles. The van der Waals surface area contributed by atoms with Crippen molar-refractivity contribution in [1.82, 2.24) is 4.90 Å². The van der Waals surface area contributed by atoms with Crippen molar-refractivity contribution >= 4 is 0 Å². The van der Waals surface area contributed by atoms with E-state index in [0.29, 0.717) is 12.5 Å². The molecule has 0 unspecified atom stereocenters. The Kier molecular flexibility index (Phi) is 4.01. The Morgan fingerprint density at radius 1 is 1.36 bits per heavy atom. The van der Waals surface area contributed by atoms with Crippen molar-refractivity contribution in [2.45, 2.75) is 45.8 Å². The van der Waals surface area contributed by atoms with Gasteiger partial charge < -0.3 is 4.90 Å². The number of halogens is 1. The fourth-order valence-electron chi connectivity index (χ4n) is 0.700. The van der Waals surface area contributed by atoms with Crippen LogP contribution in [0.15, 0.2) is 0 Å². The molecule has 11 heavy (non-hydrogen) atoms. The van der Waals surface area contributed by atoms with Crippen LogP contribution in [0.2, 0.25) is 0 Å². The van der Waals surface area contributed by atoms with Crippen LogP contribution in [-0.4, -0.2) is 30.2 Å². The van der Waals surface area contributed by atoms with Crippen LogP contribution in [0, 0.1) is 0 Å². The highest BCUT2D eigenvalue weighted by molar-refractivity contribution is 4.69. The lowest BCUT2D eigenvalue weighted by molar-refractivity contribution is 0.161. The zero-order valence-corrected chi connectivity index (χ0v) is 8.32. The zero-order valence-electron chi connectivity index (χ0n) is 8.32. The molecular formula is C9H20FN. The van der Waals surface area contributed by atoms with Gasteiger partial charge in [0.15, 0.2) is 0 Å². The highest BCUT2D eigenvalue weighted by Gasteiger charge is 2.16. The van der Waals surface area contributed by atoms with E-state index in [1.807, 2.05) is 7.05 Å². The quantitative estimate of drug-likeness (QED) is 0.612. The summed E-state index contributed by atoms with van der Waals surface area (Å²) in [7, 11) is 2.02. The summed E-state index contributed by atoms with van der Waals surface area (Å²) in [6, 6.07) is 0.511. The van der Waals surface area contributed by atoms with E-state index in [4.69, 9.17) is 0 Å². The number of alkyl halides is 1. The molecule has 0 radical (unpaired) electrons. The van der Waals surface area contributed by atoms with Gasteiger partial charge in [-0.3, -0.25) is 0 Å². The zero-order chi connectivity index (χ0) is 9.07. The Labute approximate surface area is 69.6 Å². The Morgan fingerprint density at radius 3 is 2.09 bits per heavy atom. The number of rotatable bonds is 4. The van der Waals surface area contributed by atoms with Crippen LogP contribution in [0.1, 0.15) is 34.1 Å². The molecule has 0 saturated carbocycles. The highest BCUT2D eigenvalue weighted by atomic mass is 19.1. The molecule has 0 heterocycles. The number of nitrogens with zero attached hydrogens (tertiary/aromatic N) is 1. The third-order valence-corrected chi connectivity index (χ3v) is 1.94. The molecule has 0 rings (SSSR count). The standard InChI is InChI=1S/C9H20FN/c1-8(2)11(5)7-6-9(3,4)10/h8H,6-7H2,1-5H3. The van der Waals surface area contributed by atoms with Gasteiger partial charge >= 0.3 is 0 Å². The van der Waals surface area contributed by atoms with Gasteiger partial charge in [0.2, 0.25) is 0 Å². The predicted octanol–water partition coefficient (Wildman–Crippen LogP) is 2.46. The maximum Gasteiger partial charge on any atom is 0.106 e. The Hall–Kier alpha value is -0.110. The molecule has 0 aromatic heterocycles. The molecule has 2 heteroatoms. The molecule has 0 fully saturated rings.